The molecule has 1 aliphatic rings. The van der Waals surface area contributed by atoms with Crippen molar-refractivity contribution in [1.82, 2.24) is 4.72 Å². The molecule has 2 aromatic rings. The van der Waals surface area contributed by atoms with Crippen molar-refractivity contribution in [3.8, 4) is 0 Å². The van der Waals surface area contributed by atoms with Crippen molar-refractivity contribution in [3.63, 3.8) is 0 Å². The van der Waals surface area contributed by atoms with Crippen LogP contribution >= 0.6 is 11.8 Å². The lowest BCUT2D eigenvalue weighted by atomic mass is 10.1. The van der Waals surface area contributed by atoms with E-state index in [0.29, 0.717) is 18.7 Å². The molecule has 0 saturated carbocycles. The number of hydrogen-bond donors (Lipinski definition) is 2. The molecule has 1 unspecified atom stereocenters. The lowest BCUT2D eigenvalue weighted by molar-refractivity contribution is -0.115. The van der Waals surface area contributed by atoms with Crippen molar-refractivity contribution in [3.05, 3.63) is 53.6 Å². The predicted octanol–water partition coefficient (Wildman–Crippen LogP) is 2.95. The van der Waals surface area contributed by atoms with Crippen molar-refractivity contribution >= 4 is 33.4 Å². The van der Waals surface area contributed by atoms with Gasteiger partial charge in [0, 0.05) is 11.4 Å². The second-order valence-corrected chi connectivity index (χ2v) is 9.19. The van der Waals surface area contributed by atoms with E-state index in [4.69, 9.17) is 0 Å². The molecule has 1 atom stereocenters. The number of sulfonamides is 1. The number of amides is 1. The molecular weight excluding hydrogens is 356 g/mol. The van der Waals surface area contributed by atoms with E-state index in [2.05, 4.69) is 10.0 Å². The van der Waals surface area contributed by atoms with Crippen LogP contribution in [0, 0.1) is 6.92 Å². The molecule has 5 nitrogen and oxygen atoms in total. The number of fused-ring (bicyclic) bond motifs is 1. The number of benzene rings is 2. The zero-order chi connectivity index (χ0) is 18.0. The van der Waals surface area contributed by atoms with Gasteiger partial charge in [-0.05, 0) is 44.0 Å². The summed E-state index contributed by atoms with van der Waals surface area (Å²) in [5.74, 6) is -0.112. The smallest absolute Gasteiger partial charge is 0.240 e. The first-order chi connectivity index (χ1) is 11.8. The van der Waals surface area contributed by atoms with Gasteiger partial charge in [-0.25, -0.2) is 13.1 Å². The normalized spacial score (nSPS) is 17.0. The Morgan fingerprint density at radius 3 is 2.76 bits per heavy atom. The standard InChI is InChI=1S/C18H20N2O3S2/c1-12-4-3-5-14(10-12)8-9-19-25(22,23)15-6-7-17-16(11-15)20-18(21)13(2)24-17/h3-7,10-11,13,19H,8-9H2,1-2H3,(H,20,21). The molecule has 0 bridgehead atoms. The largest absolute Gasteiger partial charge is 0.324 e. The van der Waals surface area contributed by atoms with Crippen LogP contribution in [0.1, 0.15) is 18.1 Å². The van der Waals surface area contributed by atoms with E-state index in [-0.39, 0.29) is 16.1 Å². The van der Waals surface area contributed by atoms with Crippen molar-refractivity contribution in [2.24, 2.45) is 0 Å². The topological polar surface area (TPSA) is 75.3 Å². The van der Waals surface area contributed by atoms with Gasteiger partial charge in [0.1, 0.15) is 0 Å². The van der Waals surface area contributed by atoms with Crippen LogP contribution in [0.3, 0.4) is 0 Å². The summed E-state index contributed by atoms with van der Waals surface area (Å²) in [6.07, 6.45) is 0.621. The number of aryl methyl sites for hydroxylation is 1. The van der Waals surface area contributed by atoms with Crippen LogP contribution < -0.4 is 10.0 Å². The minimum atomic E-state index is -3.62. The first-order valence-electron chi connectivity index (χ1n) is 8.02. The molecule has 0 aromatic heterocycles. The summed E-state index contributed by atoms with van der Waals surface area (Å²) in [5.41, 5.74) is 2.79. The number of thioether (sulfide) groups is 1. The summed E-state index contributed by atoms with van der Waals surface area (Å²) >= 11 is 1.43. The van der Waals surface area contributed by atoms with E-state index < -0.39 is 10.0 Å². The summed E-state index contributed by atoms with van der Waals surface area (Å²) in [5, 5.41) is 2.58. The number of anilines is 1. The van der Waals surface area contributed by atoms with Crippen LogP contribution in [-0.4, -0.2) is 26.1 Å². The van der Waals surface area contributed by atoms with Crippen molar-refractivity contribution in [2.45, 2.75) is 35.3 Å². The highest BCUT2D eigenvalue weighted by Crippen LogP contribution is 2.36. The van der Waals surface area contributed by atoms with Crippen LogP contribution in [0.5, 0.6) is 0 Å². The van der Waals surface area contributed by atoms with Gasteiger partial charge >= 0.3 is 0 Å². The van der Waals surface area contributed by atoms with E-state index in [1.54, 1.807) is 12.1 Å². The van der Waals surface area contributed by atoms with Gasteiger partial charge in [-0.15, -0.1) is 11.8 Å². The van der Waals surface area contributed by atoms with Crippen LogP contribution in [0.25, 0.3) is 0 Å². The fourth-order valence-electron chi connectivity index (χ4n) is 2.64. The fraction of sp³-hybridized carbons (Fsp3) is 0.278. The quantitative estimate of drug-likeness (QED) is 0.841. The highest BCUT2D eigenvalue weighted by molar-refractivity contribution is 8.01. The highest BCUT2D eigenvalue weighted by atomic mass is 32.2. The number of nitrogens with one attached hydrogen (secondary N) is 2. The van der Waals surface area contributed by atoms with Gasteiger partial charge in [0.25, 0.3) is 0 Å². The second-order valence-electron chi connectivity index (χ2n) is 6.04. The maximum Gasteiger partial charge on any atom is 0.240 e. The van der Waals surface area contributed by atoms with Gasteiger partial charge in [0.15, 0.2) is 0 Å². The zero-order valence-corrected chi connectivity index (χ0v) is 15.7. The lowest BCUT2D eigenvalue weighted by Crippen LogP contribution is -2.28. The maximum absolute atomic E-state index is 12.5. The Labute approximate surface area is 152 Å². The van der Waals surface area contributed by atoms with Crippen LogP contribution in [0.4, 0.5) is 5.69 Å². The van der Waals surface area contributed by atoms with Crippen molar-refractivity contribution < 1.29 is 13.2 Å². The lowest BCUT2D eigenvalue weighted by Gasteiger charge is -2.21. The molecular formula is C18H20N2O3S2. The average Bonchev–Trinajstić information content (AvgIpc) is 2.55. The van der Waals surface area contributed by atoms with Crippen molar-refractivity contribution in [1.29, 1.82) is 0 Å². The van der Waals surface area contributed by atoms with Gasteiger partial charge in [-0.2, -0.15) is 0 Å². The molecule has 7 heteroatoms. The van der Waals surface area contributed by atoms with Gasteiger partial charge in [-0.3, -0.25) is 4.79 Å². The maximum atomic E-state index is 12.5. The SMILES string of the molecule is Cc1cccc(CCNS(=O)(=O)c2ccc3c(c2)NC(=O)C(C)S3)c1. The molecule has 0 aliphatic carbocycles. The monoisotopic (exact) mass is 376 g/mol. The van der Waals surface area contributed by atoms with Gasteiger partial charge in [0.2, 0.25) is 15.9 Å². The number of carbonyl (C=O) groups excluding carboxylic acids is 1. The summed E-state index contributed by atoms with van der Waals surface area (Å²) in [7, 11) is -3.62. The minimum absolute atomic E-state index is 0.112. The fourth-order valence-corrected chi connectivity index (χ4v) is 4.62. The summed E-state index contributed by atoms with van der Waals surface area (Å²) in [6, 6.07) is 12.8. The predicted molar refractivity (Wildman–Crippen MR) is 100 cm³/mol. The van der Waals surface area contributed by atoms with Crippen LogP contribution in [0.15, 0.2) is 52.3 Å². The molecule has 0 spiro atoms. The average molecular weight is 377 g/mol. The minimum Gasteiger partial charge on any atom is -0.324 e. The third-order valence-electron chi connectivity index (χ3n) is 3.98. The Kier molecular flexibility index (Phi) is 5.17. The van der Waals surface area contributed by atoms with E-state index in [1.165, 1.54) is 17.8 Å². The summed E-state index contributed by atoms with van der Waals surface area (Å²) in [6.45, 7) is 4.15. The van der Waals surface area contributed by atoms with Gasteiger partial charge in [-0.1, -0.05) is 29.8 Å². The van der Waals surface area contributed by atoms with Crippen molar-refractivity contribution in [2.75, 3.05) is 11.9 Å². The summed E-state index contributed by atoms with van der Waals surface area (Å²) < 4.78 is 27.6. The van der Waals surface area contributed by atoms with E-state index >= 15 is 0 Å². The van der Waals surface area contributed by atoms with E-state index in [9.17, 15) is 13.2 Å². The Balaban J connectivity index is 1.70. The number of hydrogen-bond acceptors (Lipinski definition) is 4. The first kappa shape index (κ1) is 18.0. The Morgan fingerprint density at radius 2 is 2.00 bits per heavy atom. The number of carbonyl (C=O) groups is 1. The third-order valence-corrected chi connectivity index (χ3v) is 6.62. The number of rotatable bonds is 5. The van der Waals surface area contributed by atoms with Crippen LogP contribution in [-0.2, 0) is 21.2 Å². The molecule has 0 radical (unpaired) electrons. The van der Waals surface area contributed by atoms with Gasteiger partial charge < -0.3 is 5.32 Å². The zero-order valence-electron chi connectivity index (χ0n) is 14.1. The second kappa shape index (κ2) is 7.19. The van der Waals surface area contributed by atoms with E-state index in [0.717, 1.165) is 16.0 Å². The van der Waals surface area contributed by atoms with Crippen LogP contribution in [0.2, 0.25) is 0 Å². The Morgan fingerprint density at radius 1 is 1.20 bits per heavy atom. The van der Waals surface area contributed by atoms with Gasteiger partial charge in [0.05, 0.1) is 15.8 Å². The molecule has 1 amide bonds. The molecule has 2 N–H and O–H groups in total. The summed E-state index contributed by atoms with van der Waals surface area (Å²) in [4.78, 5) is 12.8. The molecule has 25 heavy (non-hydrogen) atoms. The molecule has 132 valence electrons. The molecule has 0 saturated heterocycles. The third kappa shape index (κ3) is 4.23. The Hall–Kier alpha value is -1.83. The molecule has 2 aromatic carbocycles. The molecule has 1 heterocycles. The first-order valence-corrected chi connectivity index (χ1v) is 10.4. The Bertz CT molecular complexity index is 910. The highest BCUT2D eigenvalue weighted by Gasteiger charge is 2.25. The van der Waals surface area contributed by atoms with E-state index in [1.807, 2.05) is 38.1 Å². The molecule has 3 rings (SSSR count). The molecule has 0 fully saturated rings. The molecule has 1 aliphatic heterocycles.